The van der Waals surface area contributed by atoms with E-state index in [2.05, 4.69) is 4.98 Å². The van der Waals surface area contributed by atoms with Crippen LogP contribution in [-0.4, -0.2) is 16.9 Å². The molecule has 0 amide bonds. The third-order valence-electron chi connectivity index (χ3n) is 2.97. The molecule has 1 heterocycles. The second-order valence-electron chi connectivity index (χ2n) is 4.57. The number of benzene rings is 1. The average molecular weight is 324 g/mol. The Morgan fingerprint density at radius 1 is 1.24 bits per heavy atom. The summed E-state index contributed by atoms with van der Waals surface area (Å²) in [5.74, 6) is 0.382. The molecule has 2 rings (SSSR count). The maximum atomic E-state index is 12.5. The van der Waals surface area contributed by atoms with Crippen molar-refractivity contribution in [3.05, 3.63) is 58.3 Å². The predicted molar refractivity (Wildman–Crippen MR) is 84.4 cm³/mol. The molecular weight excluding hydrogens is 309 g/mol. The molecule has 3 nitrogen and oxygen atoms in total. The molecule has 0 aliphatic carbocycles. The molecule has 0 aliphatic rings. The summed E-state index contributed by atoms with van der Waals surface area (Å²) in [6, 6.07) is 8.31. The number of ether oxygens (including phenoxy) is 1. The number of nitrogens with zero attached hydrogens (tertiary/aromatic N) is 1. The number of hydrogen-bond acceptors (Lipinski definition) is 3. The first-order chi connectivity index (χ1) is 10.1. The minimum absolute atomic E-state index is 0.0785. The molecule has 0 fully saturated rings. The molecule has 2 aromatic rings. The number of pyridine rings is 1. The zero-order chi connectivity index (χ0) is 15.2. The van der Waals surface area contributed by atoms with Crippen LogP contribution in [0.4, 0.5) is 0 Å². The topological polar surface area (TPSA) is 39.2 Å². The monoisotopic (exact) mass is 323 g/mol. The third-order valence-corrected chi connectivity index (χ3v) is 3.50. The first-order valence-corrected chi connectivity index (χ1v) is 7.43. The van der Waals surface area contributed by atoms with Gasteiger partial charge in [-0.1, -0.05) is 36.5 Å². The lowest BCUT2D eigenvalue weighted by Gasteiger charge is -2.18. The maximum absolute atomic E-state index is 12.5. The summed E-state index contributed by atoms with van der Waals surface area (Å²) >= 11 is 12.0. The van der Waals surface area contributed by atoms with Gasteiger partial charge >= 0.3 is 0 Å². The summed E-state index contributed by atoms with van der Waals surface area (Å²) in [6.07, 6.45) is 4.04. The molecule has 1 unspecified atom stereocenters. The van der Waals surface area contributed by atoms with Crippen LogP contribution in [0.15, 0.2) is 42.7 Å². The van der Waals surface area contributed by atoms with Gasteiger partial charge in [-0.15, -0.1) is 0 Å². The van der Waals surface area contributed by atoms with Crippen LogP contribution in [0, 0.1) is 0 Å². The Balaban J connectivity index is 2.21. The molecule has 0 aliphatic heterocycles. The van der Waals surface area contributed by atoms with Crippen LogP contribution in [-0.2, 0) is 0 Å². The number of ketones is 1. The van der Waals surface area contributed by atoms with Crippen molar-refractivity contribution in [1.82, 2.24) is 4.98 Å². The Hall–Kier alpha value is -1.58. The Morgan fingerprint density at radius 2 is 1.95 bits per heavy atom. The molecule has 21 heavy (non-hydrogen) atoms. The van der Waals surface area contributed by atoms with E-state index in [0.29, 0.717) is 27.8 Å². The van der Waals surface area contributed by atoms with Crippen LogP contribution in [0.3, 0.4) is 0 Å². The molecule has 0 radical (unpaired) electrons. The number of carbonyl (C=O) groups is 1. The van der Waals surface area contributed by atoms with Crippen LogP contribution in [0.25, 0.3) is 0 Å². The Kier molecular flexibility index (Phi) is 5.59. The largest absolute Gasteiger partial charge is 0.481 e. The van der Waals surface area contributed by atoms with Crippen molar-refractivity contribution in [3.63, 3.8) is 0 Å². The average Bonchev–Trinajstić information content (AvgIpc) is 2.49. The summed E-state index contributed by atoms with van der Waals surface area (Å²) in [7, 11) is 0. The Labute approximate surface area is 133 Å². The van der Waals surface area contributed by atoms with Gasteiger partial charge < -0.3 is 4.74 Å². The van der Waals surface area contributed by atoms with E-state index in [1.807, 2.05) is 6.92 Å². The van der Waals surface area contributed by atoms with Gasteiger partial charge in [0.2, 0.25) is 5.78 Å². The fourth-order valence-electron chi connectivity index (χ4n) is 1.93. The van der Waals surface area contributed by atoms with Gasteiger partial charge in [0.05, 0.1) is 5.02 Å². The molecule has 0 saturated heterocycles. The highest BCUT2D eigenvalue weighted by Gasteiger charge is 2.22. The number of rotatable bonds is 6. The van der Waals surface area contributed by atoms with E-state index in [4.69, 9.17) is 27.9 Å². The van der Waals surface area contributed by atoms with Gasteiger partial charge in [-0.25, -0.2) is 0 Å². The second kappa shape index (κ2) is 7.43. The molecular formula is C16H15Cl2NO2. The van der Waals surface area contributed by atoms with Crippen molar-refractivity contribution < 1.29 is 9.53 Å². The summed E-state index contributed by atoms with van der Waals surface area (Å²) in [5, 5.41) is 0.922. The highest BCUT2D eigenvalue weighted by Crippen LogP contribution is 2.29. The first kappa shape index (κ1) is 15.8. The highest BCUT2D eigenvalue weighted by molar-refractivity contribution is 6.35. The summed E-state index contributed by atoms with van der Waals surface area (Å²) < 4.78 is 5.80. The molecule has 0 N–H and O–H groups in total. The van der Waals surface area contributed by atoms with Crippen molar-refractivity contribution in [2.45, 2.75) is 25.9 Å². The van der Waals surface area contributed by atoms with Crippen LogP contribution in [0.2, 0.25) is 10.0 Å². The lowest BCUT2D eigenvalue weighted by atomic mass is 10.0. The lowest BCUT2D eigenvalue weighted by molar-refractivity contribution is 0.0777. The van der Waals surface area contributed by atoms with E-state index >= 15 is 0 Å². The Morgan fingerprint density at radius 3 is 2.57 bits per heavy atom. The Bertz CT molecular complexity index is 617. The molecule has 0 bridgehead atoms. The highest BCUT2D eigenvalue weighted by atomic mass is 35.5. The summed E-state index contributed by atoms with van der Waals surface area (Å²) in [5.41, 5.74) is 0.577. The molecule has 0 saturated carbocycles. The van der Waals surface area contributed by atoms with Crippen molar-refractivity contribution in [1.29, 1.82) is 0 Å². The number of hydrogen-bond donors (Lipinski definition) is 0. The van der Waals surface area contributed by atoms with Crippen LogP contribution in [0.5, 0.6) is 5.75 Å². The zero-order valence-electron chi connectivity index (χ0n) is 11.6. The molecule has 1 aromatic heterocycles. The van der Waals surface area contributed by atoms with E-state index in [1.165, 1.54) is 0 Å². The molecule has 1 aromatic carbocycles. The van der Waals surface area contributed by atoms with E-state index in [0.717, 1.165) is 6.42 Å². The maximum Gasteiger partial charge on any atom is 0.203 e. The van der Waals surface area contributed by atoms with Gasteiger partial charge in [0, 0.05) is 23.0 Å². The van der Waals surface area contributed by atoms with Crippen molar-refractivity contribution in [2.24, 2.45) is 0 Å². The molecule has 5 heteroatoms. The van der Waals surface area contributed by atoms with Crippen LogP contribution < -0.4 is 4.74 Å². The number of aromatic nitrogens is 1. The number of carbonyl (C=O) groups excluding carboxylic acids is 1. The van der Waals surface area contributed by atoms with Gasteiger partial charge in [-0.2, -0.15) is 0 Å². The lowest BCUT2D eigenvalue weighted by Crippen LogP contribution is -2.27. The molecule has 0 spiro atoms. The van der Waals surface area contributed by atoms with Gasteiger partial charge in [-0.3, -0.25) is 9.78 Å². The fourth-order valence-corrected chi connectivity index (χ4v) is 2.38. The second-order valence-corrected chi connectivity index (χ2v) is 5.41. The van der Waals surface area contributed by atoms with Crippen LogP contribution >= 0.6 is 23.2 Å². The third kappa shape index (κ3) is 4.19. The minimum Gasteiger partial charge on any atom is -0.481 e. The van der Waals surface area contributed by atoms with E-state index in [1.54, 1.807) is 42.7 Å². The van der Waals surface area contributed by atoms with Gasteiger partial charge in [0.15, 0.2) is 6.10 Å². The predicted octanol–water partition coefficient (Wildman–Crippen LogP) is 4.82. The smallest absolute Gasteiger partial charge is 0.203 e. The summed E-state index contributed by atoms with van der Waals surface area (Å²) in [4.78, 5) is 16.4. The standard InChI is InChI=1S/C16H15Cl2NO2/c1-2-3-15(16(20)11-6-8-19-9-7-11)21-14-5-4-12(17)10-13(14)18/h4-10,15H,2-3H2,1H3. The van der Waals surface area contributed by atoms with E-state index in [9.17, 15) is 4.79 Å². The minimum atomic E-state index is -0.573. The van der Waals surface area contributed by atoms with Crippen LogP contribution in [0.1, 0.15) is 30.1 Å². The van der Waals surface area contributed by atoms with Crippen molar-refractivity contribution in [2.75, 3.05) is 0 Å². The quantitative estimate of drug-likeness (QED) is 0.715. The molecule has 1 atom stereocenters. The van der Waals surface area contributed by atoms with E-state index in [-0.39, 0.29) is 5.78 Å². The first-order valence-electron chi connectivity index (χ1n) is 6.67. The van der Waals surface area contributed by atoms with Gasteiger partial charge in [-0.05, 0) is 36.8 Å². The van der Waals surface area contributed by atoms with Gasteiger partial charge in [0.1, 0.15) is 5.75 Å². The molecule has 110 valence electrons. The van der Waals surface area contributed by atoms with E-state index < -0.39 is 6.10 Å². The van der Waals surface area contributed by atoms with Crippen molar-refractivity contribution in [3.8, 4) is 5.75 Å². The normalized spacial score (nSPS) is 12.0. The zero-order valence-corrected chi connectivity index (χ0v) is 13.1. The SMILES string of the molecule is CCCC(Oc1ccc(Cl)cc1Cl)C(=O)c1ccncc1. The number of Topliss-reactive ketones (excluding diaryl/α,β-unsaturated/α-hetero) is 1. The number of halogens is 2. The van der Waals surface area contributed by atoms with Crippen molar-refractivity contribution >= 4 is 29.0 Å². The fraction of sp³-hybridized carbons (Fsp3) is 0.250. The van der Waals surface area contributed by atoms with Gasteiger partial charge in [0.25, 0.3) is 0 Å². The summed E-state index contributed by atoms with van der Waals surface area (Å²) in [6.45, 7) is 2.00.